The molecule has 0 saturated carbocycles. The van der Waals surface area contributed by atoms with Gasteiger partial charge in [0.2, 0.25) is 5.91 Å². The lowest BCUT2D eigenvalue weighted by molar-refractivity contribution is -0.121. The molecule has 1 aromatic rings. The second-order valence-electron chi connectivity index (χ2n) is 6.19. The van der Waals surface area contributed by atoms with Crippen molar-refractivity contribution in [2.75, 3.05) is 6.54 Å². The standard InChI is InChI=1S/C16H19Cl2N3O2/c17-13-4-1-9(5-14(13)18)16(23)19-8-15(22)21-12-6-10-2-3-11(7-12)20-10/h1,4-5,10-12,20H,2-3,6-8H2,(H,19,23)(H,21,22). The summed E-state index contributed by atoms with van der Waals surface area (Å²) in [4.78, 5) is 24.0. The Morgan fingerprint density at radius 3 is 2.48 bits per heavy atom. The van der Waals surface area contributed by atoms with Gasteiger partial charge in [-0.15, -0.1) is 0 Å². The molecular weight excluding hydrogens is 337 g/mol. The van der Waals surface area contributed by atoms with Gasteiger partial charge in [-0.3, -0.25) is 9.59 Å². The molecule has 2 amide bonds. The van der Waals surface area contributed by atoms with Crippen LogP contribution in [0.1, 0.15) is 36.0 Å². The van der Waals surface area contributed by atoms with Crippen LogP contribution in [-0.2, 0) is 4.79 Å². The van der Waals surface area contributed by atoms with Gasteiger partial charge in [0, 0.05) is 23.7 Å². The van der Waals surface area contributed by atoms with Crippen molar-refractivity contribution in [1.82, 2.24) is 16.0 Å². The maximum absolute atomic E-state index is 12.0. The largest absolute Gasteiger partial charge is 0.352 e. The maximum Gasteiger partial charge on any atom is 0.251 e. The minimum atomic E-state index is -0.343. The number of amides is 2. The lowest BCUT2D eigenvalue weighted by atomic mass is 10.00. The van der Waals surface area contributed by atoms with Crippen molar-refractivity contribution in [3.63, 3.8) is 0 Å². The molecule has 2 unspecified atom stereocenters. The van der Waals surface area contributed by atoms with E-state index in [1.807, 2.05) is 0 Å². The Morgan fingerprint density at radius 1 is 1.13 bits per heavy atom. The molecule has 3 rings (SSSR count). The van der Waals surface area contributed by atoms with Crippen LogP contribution in [-0.4, -0.2) is 36.5 Å². The van der Waals surface area contributed by atoms with E-state index in [4.69, 9.17) is 23.2 Å². The third-order valence-electron chi connectivity index (χ3n) is 4.43. The number of halogens is 2. The van der Waals surface area contributed by atoms with Crippen LogP contribution >= 0.6 is 23.2 Å². The molecule has 2 atom stereocenters. The number of benzene rings is 1. The Kier molecular flexibility index (Phi) is 5.09. The highest BCUT2D eigenvalue weighted by atomic mass is 35.5. The van der Waals surface area contributed by atoms with Crippen LogP contribution in [0.3, 0.4) is 0 Å². The first kappa shape index (κ1) is 16.6. The monoisotopic (exact) mass is 355 g/mol. The summed E-state index contributed by atoms with van der Waals surface area (Å²) in [5, 5.41) is 9.85. The van der Waals surface area contributed by atoms with Gasteiger partial charge in [0.15, 0.2) is 0 Å². The van der Waals surface area contributed by atoms with Gasteiger partial charge in [0.1, 0.15) is 0 Å². The fourth-order valence-corrected chi connectivity index (χ4v) is 3.65. The van der Waals surface area contributed by atoms with Gasteiger partial charge in [-0.25, -0.2) is 0 Å². The maximum atomic E-state index is 12.0. The summed E-state index contributed by atoms with van der Waals surface area (Å²) in [6.45, 7) is -0.0433. The van der Waals surface area contributed by atoms with E-state index < -0.39 is 0 Å². The van der Waals surface area contributed by atoms with Gasteiger partial charge in [-0.2, -0.15) is 0 Å². The highest BCUT2D eigenvalue weighted by Crippen LogP contribution is 2.26. The van der Waals surface area contributed by atoms with Crippen LogP contribution in [0.2, 0.25) is 10.0 Å². The van der Waals surface area contributed by atoms with Crippen LogP contribution in [0, 0.1) is 0 Å². The van der Waals surface area contributed by atoms with Gasteiger partial charge < -0.3 is 16.0 Å². The summed E-state index contributed by atoms with van der Waals surface area (Å²) >= 11 is 11.7. The van der Waals surface area contributed by atoms with Gasteiger partial charge >= 0.3 is 0 Å². The number of fused-ring (bicyclic) bond motifs is 2. The predicted molar refractivity (Wildman–Crippen MR) is 89.9 cm³/mol. The highest BCUT2D eigenvalue weighted by molar-refractivity contribution is 6.42. The third-order valence-corrected chi connectivity index (χ3v) is 5.17. The zero-order valence-electron chi connectivity index (χ0n) is 12.6. The van der Waals surface area contributed by atoms with Crippen LogP contribution in [0.4, 0.5) is 0 Å². The van der Waals surface area contributed by atoms with E-state index in [9.17, 15) is 9.59 Å². The molecule has 2 aliphatic heterocycles. The molecule has 2 aliphatic rings. The molecular formula is C16H19Cl2N3O2. The van der Waals surface area contributed by atoms with Gasteiger partial charge in [0.05, 0.1) is 16.6 Å². The van der Waals surface area contributed by atoms with E-state index in [1.54, 1.807) is 12.1 Å². The molecule has 124 valence electrons. The van der Waals surface area contributed by atoms with E-state index in [0.717, 1.165) is 12.8 Å². The zero-order chi connectivity index (χ0) is 16.4. The van der Waals surface area contributed by atoms with Crippen LogP contribution in [0.25, 0.3) is 0 Å². The summed E-state index contributed by atoms with van der Waals surface area (Å²) in [5.74, 6) is -0.506. The molecule has 7 heteroatoms. The minimum Gasteiger partial charge on any atom is -0.352 e. The average Bonchev–Trinajstić information content (AvgIpc) is 2.86. The minimum absolute atomic E-state index is 0.0433. The molecule has 2 heterocycles. The van der Waals surface area contributed by atoms with E-state index in [-0.39, 0.29) is 24.4 Å². The van der Waals surface area contributed by atoms with Crippen molar-refractivity contribution in [2.45, 2.75) is 43.8 Å². The lowest BCUT2D eigenvalue weighted by Gasteiger charge is -2.29. The zero-order valence-corrected chi connectivity index (χ0v) is 14.1. The van der Waals surface area contributed by atoms with Crippen molar-refractivity contribution in [1.29, 1.82) is 0 Å². The predicted octanol–water partition coefficient (Wildman–Crippen LogP) is 2.12. The van der Waals surface area contributed by atoms with Crippen LogP contribution in [0.15, 0.2) is 18.2 Å². The smallest absolute Gasteiger partial charge is 0.251 e. The second-order valence-corrected chi connectivity index (χ2v) is 7.00. The molecule has 0 aromatic heterocycles. The van der Waals surface area contributed by atoms with Crippen molar-refractivity contribution in [3.05, 3.63) is 33.8 Å². The van der Waals surface area contributed by atoms with Crippen molar-refractivity contribution in [3.8, 4) is 0 Å². The number of nitrogens with one attached hydrogen (secondary N) is 3. The number of piperidine rings is 1. The normalized spacial score (nSPS) is 25.9. The number of hydrogen-bond donors (Lipinski definition) is 3. The van der Waals surface area contributed by atoms with Crippen LogP contribution < -0.4 is 16.0 Å². The molecule has 1 aromatic carbocycles. The molecule has 2 bridgehead atoms. The van der Waals surface area contributed by atoms with E-state index in [1.165, 1.54) is 18.9 Å². The molecule has 23 heavy (non-hydrogen) atoms. The Hall–Kier alpha value is -1.30. The lowest BCUT2D eigenvalue weighted by Crippen LogP contribution is -2.50. The Morgan fingerprint density at radius 2 is 1.83 bits per heavy atom. The summed E-state index contributed by atoms with van der Waals surface area (Å²) < 4.78 is 0. The number of carbonyl (C=O) groups excluding carboxylic acids is 2. The quantitative estimate of drug-likeness (QED) is 0.774. The van der Waals surface area contributed by atoms with Gasteiger partial charge in [-0.1, -0.05) is 23.2 Å². The number of hydrogen-bond acceptors (Lipinski definition) is 3. The number of rotatable bonds is 4. The van der Waals surface area contributed by atoms with E-state index >= 15 is 0 Å². The fraction of sp³-hybridized carbons (Fsp3) is 0.500. The first-order chi connectivity index (χ1) is 11.0. The summed E-state index contributed by atoms with van der Waals surface area (Å²) in [6, 6.07) is 5.86. The summed E-state index contributed by atoms with van der Waals surface area (Å²) in [5.41, 5.74) is 0.382. The second kappa shape index (κ2) is 7.07. The van der Waals surface area contributed by atoms with Gasteiger partial charge in [0.25, 0.3) is 5.91 Å². The third kappa shape index (κ3) is 4.16. The summed E-state index contributed by atoms with van der Waals surface area (Å²) in [6.07, 6.45) is 4.29. The Balaban J connectivity index is 1.46. The summed E-state index contributed by atoms with van der Waals surface area (Å²) in [7, 11) is 0. The topological polar surface area (TPSA) is 70.2 Å². The Labute approximate surface area is 145 Å². The van der Waals surface area contributed by atoms with Gasteiger partial charge in [-0.05, 0) is 43.9 Å². The SMILES string of the molecule is O=C(CNC(=O)c1ccc(Cl)c(Cl)c1)NC1CC2CCC(C1)N2. The Bertz CT molecular complexity index is 611. The molecule has 0 spiro atoms. The van der Waals surface area contributed by atoms with E-state index in [2.05, 4.69) is 16.0 Å². The number of carbonyl (C=O) groups is 2. The highest BCUT2D eigenvalue weighted by Gasteiger charge is 2.33. The first-order valence-corrected chi connectivity index (χ1v) is 8.55. The molecule has 2 fully saturated rings. The van der Waals surface area contributed by atoms with Crippen LogP contribution in [0.5, 0.6) is 0 Å². The average molecular weight is 356 g/mol. The van der Waals surface area contributed by atoms with Crippen molar-refractivity contribution >= 4 is 35.0 Å². The van der Waals surface area contributed by atoms with Crippen molar-refractivity contribution in [2.24, 2.45) is 0 Å². The first-order valence-electron chi connectivity index (χ1n) is 7.80. The van der Waals surface area contributed by atoms with E-state index in [0.29, 0.717) is 27.7 Å². The molecule has 2 saturated heterocycles. The molecule has 0 radical (unpaired) electrons. The molecule has 5 nitrogen and oxygen atoms in total. The molecule has 3 N–H and O–H groups in total. The molecule has 0 aliphatic carbocycles. The van der Waals surface area contributed by atoms with Crippen molar-refractivity contribution < 1.29 is 9.59 Å². The fourth-order valence-electron chi connectivity index (χ4n) is 3.35.